The SMILES string of the molecule is C[C@@H](NC(=O)c1ccccc1NS(C)(=O)=O)c1cc2ccccc2o1. The maximum atomic E-state index is 12.6. The first-order chi connectivity index (χ1) is 11.8. The highest BCUT2D eigenvalue weighted by Gasteiger charge is 2.18. The Kier molecular flexibility index (Phi) is 4.50. The van der Waals surface area contributed by atoms with Crippen LogP contribution in [-0.2, 0) is 10.0 Å². The van der Waals surface area contributed by atoms with Crippen molar-refractivity contribution in [1.29, 1.82) is 0 Å². The second kappa shape index (κ2) is 6.60. The van der Waals surface area contributed by atoms with E-state index in [1.165, 1.54) is 0 Å². The molecule has 0 fully saturated rings. The third-order valence-electron chi connectivity index (χ3n) is 3.69. The van der Waals surface area contributed by atoms with Crippen LogP contribution in [0.1, 0.15) is 29.1 Å². The number of furan rings is 1. The summed E-state index contributed by atoms with van der Waals surface area (Å²) < 4.78 is 31.0. The van der Waals surface area contributed by atoms with Crippen molar-refractivity contribution in [2.75, 3.05) is 11.0 Å². The second-order valence-electron chi connectivity index (χ2n) is 5.80. The van der Waals surface area contributed by atoms with Gasteiger partial charge in [0.2, 0.25) is 10.0 Å². The summed E-state index contributed by atoms with van der Waals surface area (Å²) in [6.45, 7) is 1.81. The van der Waals surface area contributed by atoms with Crippen molar-refractivity contribution in [3.05, 3.63) is 65.9 Å². The maximum Gasteiger partial charge on any atom is 0.253 e. The van der Waals surface area contributed by atoms with Crippen LogP contribution in [0.15, 0.2) is 59.0 Å². The Hall–Kier alpha value is -2.80. The van der Waals surface area contributed by atoms with E-state index in [-0.39, 0.29) is 23.2 Å². The van der Waals surface area contributed by atoms with E-state index in [9.17, 15) is 13.2 Å². The third kappa shape index (κ3) is 4.00. The molecule has 2 N–H and O–H groups in total. The van der Waals surface area contributed by atoms with Crippen LogP contribution in [0, 0.1) is 0 Å². The molecule has 25 heavy (non-hydrogen) atoms. The van der Waals surface area contributed by atoms with E-state index in [0.29, 0.717) is 5.76 Å². The number of carbonyl (C=O) groups excluding carboxylic acids is 1. The van der Waals surface area contributed by atoms with Crippen molar-refractivity contribution in [2.24, 2.45) is 0 Å². The molecule has 1 atom stereocenters. The Balaban J connectivity index is 1.82. The van der Waals surface area contributed by atoms with Crippen molar-refractivity contribution in [1.82, 2.24) is 5.32 Å². The summed E-state index contributed by atoms with van der Waals surface area (Å²) in [5.74, 6) is 0.239. The highest BCUT2D eigenvalue weighted by Crippen LogP contribution is 2.24. The summed E-state index contributed by atoms with van der Waals surface area (Å²) in [4.78, 5) is 12.6. The van der Waals surface area contributed by atoms with E-state index in [4.69, 9.17) is 4.42 Å². The van der Waals surface area contributed by atoms with Crippen LogP contribution in [0.4, 0.5) is 5.69 Å². The van der Waals surface area contributed by atoms with Gasteiger partial charge in [-0.25, -0.2) is 8.42 Å². The van der Waals surface area contributed by atoms with Crippen LogP contribution in [0.3, 0.4) is 0 Å². The van der Waals surface area contributed by atoms with Crippen LogP contribution >= 0.6 is 0 Å². The summed E-state index contributed by atoms with van der Waals surface area (Å²) in [6, 6.07) is 15.5. The third-order valence-corrected chi connectivity index (χ3v) is 4.28. The number of hydrogen-bond acceptors (Lipinski definition) is 4. The summed E-state index contributed by atoms with van der Waals surface area (Å²) in [5.41, 5.74) is 1.23. The molecule has 0 bridgehead atoms. The molecule has 1 aromatic heterocycles. The first-order valence-corrected chi connectivity index (χ1v) is 9.59. The maximum absolute atomic E-state index is 12.6. The van der Waals surface area contributed by atoms with Crippen LogP contribution in [0.2, 0.25) is 0 Å². The normalized spacial score (nSPS) is 12.7. The second-order valence-corrected chi connectivity index (χ2v) is 7.55. The average Bonchev–Trinajstić information content (AvgIpc) is 2.98. The molecule has 3 aromatic rings. The van der Waals surface area contributed by atoms with E-state index in [1.807, 2.05) is 37.3 Å². The van der Waals surface area contributed by atoms with Crippen LogP contribution in [-0.4, -0.2) is 20.6 Å². The molecule has 0 radical (unpaired) electrons. The number of nitrogens with one attached hydrogen (secondary N) is 2. The molecule has 6 nitrogen and oxygen atoms in total. The predicted octanol–water partition coefficient (Wildman–Crippen LogP) is 3.30. The Morgan fingerprint density at radius 2 is 1.76 bits per heavy atom. The smallest absolute Gasteiger partial charge is 0.253 e. The topological polar surface area (TPSA) is 88.4 Å². The zero-order valence-electron chi connectivity index (χ0n) is 13.8. The van der Waals surface area contributed by atoms with Crippen molar-refractivity contribution >= 4 is 32.6 Å². The Labute approximate surface area is 145 Å². The predicted molar refractivity (Wildman–Crippen MR) is 97.0 cm³/mol. The van der Waals surface area contributed by atoms with Gasteiger partial charge in [0.05, 0.1) is 23.5 Å². The van der Waals surface area contributed by atoms with Crippen molar-refractivity contribution in [3.63, 3.8) is 0 Å². The van der Waals surface area contributed by atoms with E-state index < -0.39 is 10.0 Å². The quantitative estimate of drug-likeness (QED) is 0.732. The fourth-order valence-electron chi connectivity index (χ4n) is 2.53. The van der Waals surface area contributed by atoms with Gasteiger partial charge >= 0.3 is 0 Å². The standard InChI is InChI=1S/C18H18N2O4S/c1-12(17-11-13-7-3-6-10-16(13)24-17)19-18(21)14-8-4-5-9-15(14)20-25(2,22)23/h3-12,20H,1-2H3,(H,19,21)/t12-/m1/s1. The number of carbonyl (C=O) groups is 1. The van der Waals surface area contributed by atoms with Crippen molar-refractivity contribution in [2.45, 2.75) is 13.0 Å². The number of sulfonamides is 1. The number of amides is 1. The number of hydrogen-bond donors (Lipinski definition) is 2. The lowest BCUT2D eigenvalue weighted by Crippen LogP contribution is -2.27. The molecule has 0 saturated carbocycles. The summed E-state index contributed by atoms with van der Waals surface area (Å²) in [5, 5.41) is 3.79. The highest BCUT2D eigenvalue weighted by molar-refractivity contribution is 7.92. The van der Waals surface area contributed by atoms with Gasteiger partial charge in [-0.05, 0) is 31.2 Å². The minimum atomic E-state index is -3.48. The molecule has 2 aromatic carbocycles. The molecule has 0 spiro atoms. The molecule has 0 saturated heterocycles. The molecule has 0 unspecified atom stereocenters. The first kappa shape index (κ1) is 17.0. The molecule has 1 amide bonds. The molecule has 130 valence electrons. The lowest BCUT2D eigenvalue weighted by Gasteiger charge is -2.14. The molecular weight excluding hydrogens is 340 g/mol. The van der Waals surface area contributed by atoms with Crippen LogP contribution in [0.5, 0.6) is 0 Å². The summed E-state index contributed by atoms with van der Waals surface area (Å²) in [6.07, 6.45) is 1.04. The van der Waals surface area contributed by atoms with Gasteiger partial charge in [-0.1, -0.05) is 30.3 Å². The number of anilines is 1. The minimum Gasteiger partial charge on any atom is -0.459 e. The fraction of sp³-hybridized carbons (Fsp3) is 0.167. The molecule has 0 aliphatic rings. The zero-order valence-corrected chi connectivity index (χ0v) is 14.6. The van der Waals surface area contributed by atoms with Gasteiger partial charge in [0.15, 0.2) is 0 Å². The van der Waals surface area contributed by atoms with Gasteiger partial charge in [0, 0.05) is 5.39 Å². The molecule has 0 aliphatic heterocycles. The van der Waals surface area contributed by atoms with Gasteiger partial charge in [0.25, 0.3) is 5.91 Å². The first-order valence-electron chi connectivity index (χ1n) is 7.69. The Bertz CT molecular complexity index is 991. The van der Waals surface area contributed by atoms with E-state index >= 15 is 0 Å². The minimum absolute atomic E-state index is 0.235. The largest absolute Gasteiger partial charge is 0.459 e. The lowest BCUT2D eigenvalue weighted by molar-refractivity contribution is 0.0936. The number of fused-ring (bicyclic) bond motifs is 1. The van der Waals surface area contributed by atoms with E-state index in [2.05, 4.69) is 10.0 Å². The summed E-state index contributed by atoms with van der Waals surface area (Å²) in [7, 11) is -3.48. The van der Waals surface area contributed by atoms with E-state index in [0.717, 1.165) is 17.2 Å². The molecule has 3 rings (SSSR count). The molecule has 0 aliphatic carbocycles. The van der Waals surface area contributed by atoms with Crippen LogP contribution in [0.25, 0.3) is 11.0 Å². The Morgan fingerprint density at radius 3 is 2.48 bits per heavy atom. The van der Waals surface area contributed by atoms with Gasteiger partial charge in [-0.2, -0.15) is 0 Å². The van der Waals surface area contributed by atoms with Gasteiger partial charge in [-0.3, -0.25) is 9.52 Å². The van der Waals surface area contributed by atoms with Crippen LogP contribution < -0.4 is 10.0 Å². The number of benzene rings is 2. The van der Waals surface area contributed by atoms with E-state index in [1.54, 1.807) is 24.3 Å². The molecule has 1 heterocycles. The van der Waals surface area contributed by atoms with Gasteiger partial charge in [0.1, 0.15) is 11.3 Å². The Morgan fingerprint density at radius 1 is 1.08 bits per heavy atom. The molecular formula is C18H18N2O4S. The zero-order chi connectivity index (χ0) is 18.0. The highest BCUT2D eigenvalue weighted by atomic mass is 32.2. The van der Waals surface area contributed by atoms with Crippen molar-refractivity contribution < 1.29 is 17.6 Å². The molecule has 7 heteroatoms. The lowest BCUT2D eigenvalue weighted by atomic mass is 10.1. The number of para-hydroxylation sites is 2. The van der Waals surface area contributed by atoms with Gasteiger partial charge < -0.3 is 9.73 Å². The average molecular weight is 358 g/mol. The number of rotatable bonds is 5. The monoisotopic (exact) mass is 358 g/mol. The summed E-state index contributed by atoms with van der Waals surface area (Å²) >= 11 is 0. The van der Waals surface area contributed by atoms with Gasteiger partial charge in [-0.15, -0.1) is 0 Å². The van der Waals surface area contributed by atoms with Crippen molar-refractivity contribution in [3.8, 4) is 0 Å². The fourth-order valence-corrected chi connectivity index (χ4v) is 3.11.